The number of ether oxygens (including phenoxy) is 4. The van der Waals surface area contributed by atoms with E-state index < -0.39 is 12.2 Å². The highest BCUT2D eigenvalue weighted by Crippen LogP contribution is 2.58. The van der Waals surface area contributed by atoms with Crippen molar-refractivity contribution in [2.45, 2.75) is 52.2 Å². The summed E-state index contributed by atoms with van der Waals surface area (Å²) < 4.78 is 23.7. The van der Waals surface area contributed by atoms with Gasteiger partial charge in [-0.25, -0.2) is 0 Å². The Morgan fingerprint density at radius 3 is 2.14 bits per heavy atom. The number of rotatable bonds is 3. The van der Waals surface area contributed by atoms with E-state index in [4.69, 9.17) is 18.9 Å². The highest BCUT2D eigenvalue weighted by atomic mass is 32.1. The van der Waals surface area contributed by atoms with Gasteiger partial charge in [-0.3, -0.25) is 0 Å². The fourth-order valence-corrected chi connectivity index (χ4v) is 5.35. The van der Waals surface area contributed by atoms with Crippen LogP contribution in [0.1, 0.15) is 39.5 Å². The molecular formula is C20H28O6S2. The summed E-state index contributed by atoms with van der Waals surface area (Å²) in [7, 11) is 0. The molecule has 8 heteroatoms. The summed E-state index contributed by atoms with van der Waals surface area (Å²) >= 11 is 3.14. The zero-order valence-electron chi connectivity index (χ0n) is 16.9. The van der Waals surface area contributed by atoms with E-state index in [0.29, 0.717) is 24.7 Å². The number of hydrogen-bond donors (Lipinski definition) is 2. The Kier molecular flexibility index (Phi) is 6.44. The Bertz CT molecular complexity index is 804. The standard InChI is InChI=1S/C18H22O6S2.C2H6/c1-18(2,3)17-14-13(21-4-5-22-14)16(26-17)15-12-11(8-25-15)23-9(6-19)10(7-20)24-12;1-2/h8-10,19-20H,4-7H2,1-3H3;1-2H3. The van der Waals surface area contributed by atoms with Crippen molar-refractivity contribution in [2.75, 3.05) is 26.4 Å². The molecule has 4 heterocycles. The number of aliphatic hydroxyl groups is 2. The molecule has 0 saturated heterocycles. The van der Waals surface area contributed by atoms with Gasteiger partial charge in [0.1, 0.15) is 13.2 Å². The van der Waals surface area contributed by atoms with Crippen LogP contribution in [0.2, 0.25) is 0 Å². The van der Waals surface area contributed by atoms with Gasteiger partial charge in [0.25, 0.3) is 0 Å². The molecule has 0 aromatic carbocycles. The fourth-order valence-electron chi connectivity index (χ4n) is 3.05. The van der Waals surface area contributed by atoms with E-state index in [2.05, 4.69) is 20.8 Å². The van der Waals surface area contributed by atoms with E-state index in [1.807, 2.05) is 19.2 Å². The molecule has 2 aromatic heterocycles. The molecule has 0 aliphatic carbocycles. The molecule has 0 spiro atoms. The molecular weight excluding hydrogens is 400 g/mol. The molecule has 6 nitrogen and oxygen atoms in total. The smallest absolute Gasteiger partial charge is 0.181 e. The summed E-state index contributed by atoms with van der Waals surface area (Å²) in [5.41, 5.74) is -0.0714. The van der Waals surface area contributed by atoms with Crippen molar-refractivity contribution < 1.29 is 29.2 Å². The first kappa shape index (κ1) is 21.2. The Hall–Kier alpha value is -1.48. The van der Waals surface area contributed by atoms with Crippen LogP contribution in [0.5, 0.6) is 23.0 Å². The van der Waals surface area contributed by atoms with Crippen LogP contribution < -0.4 is 18.9 Å². The molecule has 2 aliphatic rings. The summed E-state index contributed by atoms with van der Waals surface area (Å²) in [6.07, 6.45) is -1.17. The van der Waals surface area contributed by atoms with Crippen molar-refractivity contribution in [2.24, 2.45) is 0 Å². The van der Waals surface area contributed by atoms with Gasteiger partial charge in [-0.05, 0) is 0 Å². The van der Waals surface area contributed by atoms with Gasteiger partial charge in [0.2, 0.25) is 0 Å². The molecule has 0 fully saturated rings. The maximum atomic E-state index is 9.57. The molecule has 2 aliphatic heterocycles. The second-order valence-corrected chi connectivity index (χ2v) is 9.20. The number of aliphatic hydroxyl groups excluding tert-OH is 2. The summed E-state index contributed by atoms with van der Waals surface area (Å²) in [5.74, 6) is 2.75. The van der Waals surface area contributed by atoms with Gasteiger partial charge in [0.05, 0.1) is 27.8 Å². The Balaban J connectivity index is 0.00000109. The number of fused-ring (bicyclic) bond motifs is 2. The lowest BCUT2D eigenvalue weighted by Gasteiger charge is -2.30. The zero-order chi connectivity index (χ0) is 20.5. The van der Waals surface area contributed by atoms with Crippen molar-refractivity contribution >= 4 is 22.7 Å². The summed E-state index contributed by atoms with van der Waals surface area (Å²) in [6.45, 7) is 11.1. The van der Waals surface area contributed by atoms with Gasteiger partial charge in [0.15, 0.2) is 35.2 Å². The molecule has 0 amide bonds. The van der Waals surface area contributed by atoms with Crippen LogP contribution in [0, 0.1) is 0 Å². The van der Waals surface area contributed by atoms with Gasteiger partial charge in [0, 0.05) is 10.8 Å². The van der Waals surface area contributed by atoms with Crippen molar-refractivity contribution in [3.63, 3.8) is 0 Å². The summed E-state index contributed by atoms with van der Waals surface area (Å²) in [6, 6.07) is 0. The van der Waals surface area contributed by atoms with Gasteiger partial charge >= 0.3 is 0 Å². The van der Waals surface area contributed by atoms with Crippen LogP contribution in [-0.2, 0) is 5.41 Å². The van der Waals surface area contributed by atoms with Crippen LogP contribution in [0.25, 0.3) is 9.75 Å². The number of hydrogen-bond acceptors (Lipinski definition) is 8. The lowest BCUT2D eigenvalue weighted by Crippen LogP contribution is -2.44. The molecule has 28 heavy (non-hydrogen) atoms. The van der Waals surface area contributed by atoms with Gasteiger partial charge in [-0.15, -0.1) is 22.7 Å². The monoisotopic (exact) mass is 428 g/mol. The second kappa shape index (κ2) is 8.49. The van der Waals surface area contributed by atoms with Gasteiger partial charge in [-0.2, -0.15) is 0 Å². The van der Waals surface area contributed by atoms with Crippen LogP contribution in [0.15, 0.2) is 5.38 Å². The quantitative estimate of drug-likeness (QED) is 0.768. The first-order valence-electron chi connectivity index (χ1n) is 9.53. The minimum Gasteiger partial charge on any atom is -0.485 e. The molecule has 0 bridgehead atoms. The first-order valence-corrected chi connectivity index (χ1v) is 11.2. The molecule has 2 unspecified atom stereocenters. The molecule has 2 N–H and O–H groups in total. The lowest BCUT2D eigenvalue weighted by molar-refractivity contribution is -0.0339. The van der Waals surface area contributed by atoms with E-state index in [1.165, 1.54) is 11.3 Å². The first-order chi connectivity index (χ1) is 13.4. The average Bonchev–Trinajstić information content (AvgIpc) is 3.29. The third kappa shape index (κ3) is 3.70. The predicted octanol–water partition coefficient (Wildman–Crippen LogP) is 4.06. The highest BCUT2D eigenvalue weighted by Gasteiger charge is 2.37. The van der Waals surface area contributed by atoms with Crippen LogP contribution in [0.3, 0.4) is 0 Å². The summed E-state index contributed by atoms with van der Waals surface area (Å²) in [5, 5.41) is 20.9. The maximum Gasteiger partial charge on any atom is 0.181 e. The fraction of sp³-hybridized carbons (Fsp3) is 0.600. The minimum absolute atomic E-state index is 0.0714. The zero-order valence-corrected chi connectivity index (χ0v) is 18.5. The van der Waals surface area contributed by atoms with Crippen molar-refractivity contribution in [3.05, 3.63) is 10.3 Å². The van der Waals surface area contributed by atoms with E-state index in [0.717, 1.165) is 26.1 Å². The highest BCUT2D eigenvalue weighted by molar-refractivity contribution is 7.22. The third-order valence-corrected chi connectivity index (χ3v) is 7.00. The lowest BCUT2D eigenvalue weighted by atomic mass is 9.94. The normalized spacial score (nSPS) is 20.4. The van der Waals surface area contributed by atoms with Crippen molar-refractivity contribution in [1.82, 2.24) is 0 Å². The predicted molar refractivity (Wildman–Crippen MR) is 112 cm³/mol. The van der Waals surface area contributed by atoms with Crippen LogP contribution in [-0.4, -0.2) is 48.8 Å². The SMILES string of the molecule is CC.CC(C)(C)c1sc(-c2scc3c2OC(CO)C(CO)O3)c2c1OCCO2. The average molecular weight is 429 g/mol. The molecule has 2 atom stereocenters. The van der Waals surface area contributed by atoms with Crippen LogP contribution in [0.4, 0.5) is 0 Å². The molecule has 2 aromatic rings. The summed E-state index contributed by atoms with van der Waals surface area (Å²) in [4.78, 5) is 2.99. The van der Waals surface area contributed by atoms with E-state index in [1.54, 1.807) is 11.3 Å². The third-order valence-electron chi connectivity index (χ3n) is 4.32. The minimum atomic E-state index is -0.601. The Morgan fingerprint density at radius 2 is 1.54 bits per heavy atom. The molecule has 0 saturated carbocycles. The topological polar surface area (TPSA) is 77.4 Å². The van der Waals surface area contributed by atoms with Crippen molar-refractivity contribution in [3.8, 4) is 32.8 Å². The van der Waals surface area contributed by atoms with E-state index in [-0.39, 0.29) is 18.6 Å². The van der Waals surface area contributed by atoms with Crippen molar-refractivity contribution in [1.29, 1.82) is 0 Å². The van der Waals surface area contributed by atoms with E-state index in [9.17, 15) is 10.2 Å². The van der Waals surface area contributed by atoms with Crippen LogP contribution >= 0.6 is 22.7 Å². The Morgan fingerprint density at radius 1 is 0.929 bits per heavy atom. The van der Waals surface area contributed by atoms with Gasteiger partial charge < -0.3 is 29.2 Å². The van der Waals surface area contributed by atoms with Gasteiger partial charge in [-0.1, -0.05) is 34.6 Å². The molecule has 156 valence electrons. The molecule has 0 radical (unpaired) electrons. The second-order valence-electron chi connectivity index (χ2n) is 7.30. The Labute approximate surface area is 173 Å². The number of thiophene rings is 2. The van der Waals surface area contributed by atoms with E-state index >= 15 is 0 Å². The largest absolute Gasteiger partial charge is 0.485 e. The maximum absolute atomic E-state index is 9.57. The molecule has 4 rings (SSSR count).